The van der Waals surface area contributed by atoms with Gasteiger partial charge in [-0.15, -0.1) is 0 Å². The van der Waals surface area contributed by atoms with Gasteiger partial charge in [0.15, 0.2) is 0 Å². The van der Waals surface area contributed by atoms with Crippen molar-refractivity contribution >= 4 is 12.0 Å². The van der Waals surface area contributed by atoms with Gasteiger partial charge in [-0.3, -0.25) is 0 Å². The highest BCUT2D eigenvalue weighted by molar-refractivity contribution is 5.87. The molecule has 0 aliphatic heterocycles. The van der Waals surface area contributed by atoms with Crippen LogP contribution >= 0.6 is 0 Å². The lowest BCUT2D eigenvalue weighted by Gasteiger charge is -2.03. The van der Waals surface area contributed by atoms with E-state index in [-0.39, 0.29) is 5.82 Å². The Morgan fingerprint density at radius 2 is 2.13 bits per heavy atom. The minimum Gasteiger partial charge on any atom is -0.496 e. The SMILES string of the molecule is COC(=O)/C=C/c1cc(F)ccc1OC. The van der Waals surface area contributed by atoms with E-state index in [0.29, 0.717) is 11.3 Å². The van der Waals surface area contributed by atoms with Crippen molar-refractivity contribution in [3.63, 3.8) is 0 Å². The first-order valence-electron chi connectivity index (χ1n) is 4.27. The fraction of sp³-hybridized carbons (Fsp3) is 0.182. The molecule has 3 nitrogen and oxygen atoms in total. The molecule has 0 saturated carbocycles. The van der Waals surface area contributed by atoms with E-state index in [0.717, 1.165) is 0 Å². The van der Waals surface area contributed by atoms with E-state index in [1.54, 1.807) is 0 Å². The van der Waals surface area contributed by atoms with Gasteiger partial charge in [0.25, 0.3) is 0 Å². The molecule has 0 amide bonds. The molecular formula is C11H11FO3. The molecule has 4 heteroatoms. The van der Waals surface area contributed by atoms with Crippen LogP contribution in [0.3, 0.4) is 0 Å². The molecule has 1 aromatic rings. The minimum atomic E-state index is -0.499. The predicted octanol–water partition coefficient (Wildman–Crippen LogP) is 2.02. The molecule has 0 saturated heterocycles. The van der Waals surface area contributed by atoms with Crippen LogP contribution in [0.15, 0.2) is 24.3 Å². The van der Waals surface area contributed by atoms with Gasteiger partial charge < -0.3 is 9.47 Å². The Hall–Kier alpha value is -1.84. The number of carbonyl (C=O) groups is 1. The van der Waals surface area contributed by atoms with Gasteiger partial charge in [0, 0.05) is 11.6 Å². The number of benzene rings is 1. The number of esters is 1. The zero-order valence-electron chi connectivity index (χ0n) is 8.49. The third kappa shape index (κ3) is 3.09. The van der Waals surface area contributed by atoms with Gasteiger partial charge in [0.1, 0.15) is 11.6 Å². The summed E-state index contributed by atoms with van der Waals surface area (Å²) in [5.41, 5.74) is 0.489. The lowest BCUT2D eigenvalue weighted by molar-refractivity contribution is -0.134. The molecule has 0 aliphatic carbocycles. The van der Waals surface area contributed by atoms with Crippen molar-refractivity contribution < 1.29 is 18.7 Å². The van der Waals surface area contributed by atoms with Crippen LogP contribution in [0.5, 0.6) is 5.75 Å². The van der Waals surface area contributed by atoms with Gasteiger partial charge in [0.05, 0.1) is 14.2 Å². The van der Waals surface area contributed by atoms with Crippen molar-refractivity contribution in [1.29, 1.82) is 0 Å². The fourth-order valence-corrected chi connectivity index (χ4v) is 1.06. The van der Waals surface area contributed by atoms with E-state index in [4.69, 9.17) is 4.74 Å². The van der Waals surface area contributed by atoms with E-state index in [9.17, 15) is 9.18 Å². The van der Waals surface area contributed by atoms with Gasteiger partial charge in [-0.05, 0) is 24.3 Å². The lowest BCUT2D eigenvalue weighted by atomic mass is 10.2. The molecule has 1 rings (SSSR count). The highest BCUT2D eigenvalue weighted by Crippen LogP contribution is 2.20. The second-order valence-corrected chi connectivity index (χ2v) is 2.74. The first-order valence-corrected chi connectivity index (χ1v) is 4.27. The summed E-state index contributed by atoms with van der Waals surface area (Å²) < 4.78 is 22.3. The van der Waals surface area contributed by atoms with E-state index in [1.165, 1.54) is 44.6 Å². The Bertz CT molecular complexity index is 385. The zero-order valence-corrected chi connectivity index (χ0v) is 8.49. The predicted molar refractivity (Wildman–Crippen MR) is 54.0 cm³/mol. The summed E-state index contributed by atoms with van der Waals surface area (Å²) >= 11 is 0. The third-order valence-corrected chi connectivity index (χ3v) is 1.79. The number of rotatable bonds is 3. The maximum Gasteiger partial charge on any atom is 0.330 e. The quantitative estimate of drug-likeness (QED) is 0.565. The van der Waals surface area contributed by atoms with E-state index < -0.39 is 5.97 Å². The summed E-state index contributed by atoms with van der Waals surface area (Å²) in [4.78, 5) is 10.8. The van der Waals surface area contributed by atoms with Gasteiger partial charge in [-0.2, -0.15) is 0 Å². The normalized spacial score (nSPS) is 10.3. The third-order valence-electron chi connectivity index (χ3n) is 1.79. The van der Waals surface area contributed by atoms with Crippen LogP contribution in [0.25, 0.3) is 6.08 Å². The van der Waals surface area contributed by atoms with Crippen LogP contribution in [0, 0.1) is 5.82 Å². The molecule has 80 valence electrons. The van der Waals surface area contributed by atoms with Crippen molar-refractivity contribution in [3.05, 3.63) is 35.7 Å². The molecular weight excluding hydrogens is 199 g/mol. The van der Waals surface area contributed by atoms with Crippen LogP contribution in [0.4, 0.5) is 4.39 Å². The van der Waals surface area contributed by atoms with Crippen molar-refractivity contribution in [2.45, 2.75) is 0 Å². The Morgan fingerprint density at radius 1 is 1.40 bits per heavy atom. The van der Waals surface area contributed by atoms with Crippen LogP contribution < -0.4 is 4.74 Å². The Balaban J connectivity index is 2.96. The maximum absolute atomic E-state index is 12.9. The summed E-state index contributed by atoms with van der Waals surface area (Å²) in [5.74, 6) is -0.391. The van der Waals surface area contributed by atoms with E-state index in [1.807, 2.05) is 0 Å². The zero-order chi connectivity index (χ0) is 11.3. The van der Waals surface area contributed by atoms with Gasteiger partial charge in [-0.25, -0.2) is 9.18 Å². The Morgan fingerprint density at radius 3 is 2.73 bits per heavy atom. The largest absolute Gasteiger partial charge is 0.496 e. The number of methoxy groups -OCH3 is 2. The molecule has 0 radical (unpaired) electrons. The second-order valence-electron chi connectivity index (χ2n) is 2.74. The molecule has 0 unspecified atom stereocenters. The molecule has 0 heterocycles. The highest BCUT2D eigenvalue weighted by Gasteiger charge is 2.01. The summed E-state index contributed by atoms with van der Waals surface area (Å²) in [6, 6.07) is 4.05. The van der Waals surface area contributed by atoms with Crippen molar-refractivity contribution in [1.82, 2.24) is 0 Å². The first-order chi connectivity index (χ1) is 7.17. The standard InChI is InChI=1S/C11H11FO3/c1-14-10-5-4-9(12)7-8(10)3-6-11(13)15-2/h3-7H,1-2H3/b6-3+. The molecule has 15 heavy (non-hydrogen) atoms. The molecule has 0 N–H and O–H groups in total. The molecule has 0 atom stereocenters. The summed E-state index contributed by atoms with van der Waals surface area (Å²) in [6.07, 6.45) is 2.64. The summed E-state index contributed by atoms with van der Waals surface area (Å²) in [5, 5.41) is 0. The van der Waals surface area contributed by atoms with Crippen LogP contribution in [-0.4, -0.2) is 20.2 Å². The molecule has 0 aromatic heterocycles. The number of hydrogen-bond acceptors (Lipinski definition) is 3. The monoisotopic (exact) mass is 210 g/mol. The highest BCUT2D eigenvalue weighted by atomic mass is 19.1. The average molecular weight is 210 g/mol. The van der Waals surface area contributed by atoms with E-state index >= 15 is 0 Å². The molecule has 0 spiro atoms. The number of ether oxygens (including phenoxy) is 2. The lowest BCUT2D eigenvalue weighted by Crippen LogP contribution is -1.94. The summed E-state index contributed by atoms with van der Waals surface area (Å²) in [6.45, 7) is 0. The topological polar surface area (TPSA) is 35.5 Å². The molecule has 0 fully saturated rings. The van der Waals surface area contributed by atoms with Gasteiger partial charge in [-0.1, -0.05) is 0 Å². The fourth-order valence-electron chi connectivity index (χ4n) is 1.06. The Kier molecular flexibility index (Phi) is 3.85. The van der Waals surface area contributed by atoms with Crippen molar-refractivity contribution in [2.24, 2.45) is 0 Å². The number of halogens is 1. The molecule has 0 aliphatic rings. The van der Waals surface area contributed by atoms with Crippen LogP contribution in [-0.2, 0) is 9.53 Å². The maximum atomic E-state index is 12.9. The van der Waals surface area contributed by atoms with Crippen molar-refractivity contribution in [2.75, 3.05) is 14.2 Å². The molecule has 1 aromatic carbocycles. The smallest absolute Gasteiger partial charge is 0.330 e. The van der Waals surface area contributed by atoms with Crippen molar-refractivity contribution in [3.8, 4) is 5.75 Å². The average Bonchev–Trinajstić information content (AvgIpc) is 2.26. The molecule has 0 bridgehead atoms. The summed E-state index contributed by atoms with van der Waals surface area (Å²) in [7, 11) is 2.75. The number of hydrogen-bond donors (Lipinski definition) is 0. The van der Waals surface area contributed by atoms with Gasteiger partial charge >= 0.3 is 5.97 Å². The first kappa shape index (κ1) is 11.2. The number of carbonyl (C=O) groups excluding carboxylic acids is 1. The van der Waals surface area contributed by atoms with Crippen LogP contribution in [0.1, 0.15) is 5.56 Å². The van der Waals surface area contributed by atoms with Gasteiger partial charge in [0.2, 0.25) is 0 Å². The Labute approximate surface area is 87.1 Å². The minimum absolute atomic E-state index is 0.389. The van der Waals surface area contributed by atoms with E-state index in [2.05, 4.69) is 4.74 Å². The van der Waals surface area contributed by atoms with Crippen LogP contribution in [0.2, 0.25) is 0 Å². The second kappa shape index (κ2) is 5.14.